The number of rotatable bonds is 7. The number of hydroxylamine groups is 1. The standard InChI is InChI=1S/C15H10BrClFN3O.C7H17NO2/c1-21-7-19-15-12(21)4-8(6-22)14(13(15)18)20-11-3-2-9(16)5-10(11)17;1-7(2,3)9-5-6-10-8-4/h2-7,20H,1H3;8H,5-6H2,1-4H3. The lowest BCUT2D eigenvalue weighted by Crippen LogP contribution is -2.23. The van der Waals surface area contributed by atoms with E-state index in [9.17, 15) is 9.18 Å². The lowest BCUT2D eigenvalue weighted by atomic mass is 10.1. The maximum atomic E-state index is 14.7. The third-order valence-corrected chi connectivity index (χ3v) is 4.98. The molecule has 1 heterocycles. The van der Waals surface area contributed by atoms with Gasteiger partial charge in [0, 0.05) is 24.1 Å². The molecule has 0 spiro atoms. The second kappa shape index (κ2) is 11.7. The number of nitrogens with zero attached hydrogens (tertiary/aromatic N) is 2. The second-order valence-electron chi connectivity index (χ2n) is 7.76. The number of nitrogens with one attached hydrogen (secondary N) is 2. The summed E-state index contributed by atoms with van der Waals surface area (Å²) < 4.78 is 22.5. The molecule has 1 aromatic heterocycles. The van der Waals surface area contributed by atoms with E-state index in [2.05, 4.69) is 31.7 Å². The molecule has 0 unspecified atom stereocenters. The Morgan fingerprint density at radius 3 is 2.59 bits per heavy atom. The number of anilines is 2. The van der Waals surface area contributed by atoms with Crippen molar-refractivity contribution < 1.29 is 18.8 Å². The van der Waals surface area contributed by atoms with Crippen LogP contribution in [0.4, 0.5) is 15.8 Å². The molecule has 3 aromatic rings. The summed E-state index contributed by atoms with van der Waals surface area (Å²) in [4.78, 5) is 20.2. The lowest BCUT2D eigenvalue weighted by molar-refractivity contribution is -0.0520. The number of hydrogen-bond acceptors (Lipinski definition) is 6. The number of ether oxygens (including phenoxy) is 1. The largest absolute Gasteiger partial charge is 0.373 e. The van der Waals surface area contributed by atoms with Crippen LogP contribution in [0.15, 0.2) is 35.1 Å². The number of benzene rings is 2. The normalized spacial score (nSPS) is 11.2. The predicted octanol–water partition coefficient (Wildman–Crippen LogP) is 5.64. The van der Waals surface area contributed by atoms with E-state index in [4.69, 9.17) is 21.2 Å². The molecule has 0 bridgehead atoms. The monoisotopic (exact) mass is 528 g/mol. The van der Waals surface area contributed by atoms with Crippen LogP contribution in [0, 0.1) is 5.82 Å². The Labute approximate surface area is 200 Å². The fraction of sp³-hybridized carbons (Fsp3) is 0.364. The first kappa shape index (κ1) is 26.2. The van der Waals surface area contributed by atoms with Crippen LogP contribution in [0.25, 0.3) is 11.0 Å². The van der Waals surface area contributed by atoms with Gasteiger partial charge in [-0.05, 0) is 45.0 Å². The van der Waals surface area contributed by atoms with E-state index in [1.54, 1.807) is 42.9 Å². The first-order chi connectivity index (χ1) is 15.1. The SMILES string of the molecule is CNOCCOC(C)(C)C.Cn1cnc2c(F)c(Nc3ccc(Br)cc3Cl)c(C=O)cc21. The third-order valence-electron chi connectivity index (χ3n) is 4.17. The Morgan fingerprint density at radius 1 is 1.28 bits per heavy atom. The van der Waals surface area contributed by atoms with E-state index in [1.165, 1.54) is 6.33 Å². The first-order valence-electron chi connectivity index (χ1n) is 9.80. The van der Waals surface area contributed by atoms with Crippen molar-refractivity contribution in [3.63, 3.8) is 0 Å². The zero-order valence-electron chi connectivity index (χ0n) is 18.6. The average Bonchev–Trinajstić information content (AvgIpc) is 3.09. The molecule has 0 aliphatic carbocycles. The molecule has 0 aliphatic heterocycles. The molecule has 0 atom stereocenters. The summed E-state index contributed by atoms with van der Waals surface area (Å²) in [6, 6.07) is 6.74. The van der Waals surface area contributed by atoms with Crippen LogP contribution in [0.1, 0.15) is 31.1 Å². The predicted molar refractivity (Wildman–Crippen MR) is 129 cm³/mol. The van der Waals surface area contributed by atoms with Crippen LogP contribution in [0.2, 0.25) is 5.02 Å². The van der Waals surface area contributed by atoms with E-state index in [1.807, 2.05) is 20.8 Å². The zero-order chi connectivity index (χ0) is 23.9. The summed E-state index contributed by atoms with van der Waals surface area (Å²) in [6.07, 6.45) is 2.10. The molecule has 10 heteroatoms. The van der Waals surface area contributed by atoms with Gasteiger partial charge in [0.25, 0.3) is 0 Å². The number of carbonyl (C=O) groups is 1. The van der Waals surface area contributed by atoms with Gasteiger partial charge >= 0.3 is 0 Å². The number of aryl methyl sites for hydroxylation is 1. The molecule has 0 fully saturated rings. The zero-order valence-corrected chi connectivity index (χ0v) is 21.0. The van der Waals surface area contributed by atoms with Gasteiger partial charge < -0.3 is 14.6 Å². The smallest absolute Gasteiger partial charge is 0.175 e. The van der Waals surface area contributed by atoms with Crippen molar-refractivity contribution in [1.82, 2.24) is 15.0 Å². The van der Waals surface area contributed by atoms with Crippen molar-refractivity contribution in [3.05, 3.63) is 51.5 Å². The van der Waals surface area contributed by atoms with Gasteiger partial charge in [-0.25, -0.2) is 14.9 Å². The van der Waals surface area contributed by atoms with Gasteiger partial charge in [-0.1, -0.05) is 27.5 Å². The summed E-state index contributed by atoms with van der Waals surface area (Å²) >= 11 is 9.43. The van der Waals surface area contributed by atoms with Crippen LogP contribution >= 0.6 is 27.5 Å². The Hall–Kier alpha value is -2.04. The van der Waals surface area contributed by atoms with Gasteiger partial charge in [-0.15, -0.1) is 0 Å². The van der Waals surface area contributed by atoms with Crippen molar-refractivity contribution >= 4 is 56.2 Å². The number of halogens is 3. The molecular formula is C22H27BrClFN4O3. The van der Waals surface area contributed by atoms with Crippen molar-refractivity contribution in [2.75, 3.05) is 25.6 Å². The highest BCUT2D eigenvalue weighted by atomic mass is 79.9. The lowest BCUT2D eigenvalue weighted by Gasteiger charge is -2.18. The van der Waals surface area contributed by atoms with Crippen LogP contribution in [0.3, 0.4) is 0 Å². The van der Waals surface area contributed by atoms with Crippen molar-refractivity contribution in [3.8, 4) is 0 Å². The fourth-order valence-electron chi connectivity index (χ4n) is 2.68. The van der Waals surface area contributed by atoms with Gasteiger partial charge in [0.05, 0.1) is 47.1 Å². The molecular weight excluding hydrogens is 503 g/mol. The summed E-state index contributed by atoms with van der Waals surface area (Å²) in [7, 11) is 3.47. The van der Waals surface area contributed by atoms with Crippen LogP contribution < -0.4 is 10.8 Å². The van der Waals surface area contributed by atoms with Crippen LogP contribution in [0.5, 0.6) is 0 Å². The summed E-state index contributed by atoms with van der Waals surface area (Å²) in [5, 5.41) is 3.29. The molecule has 0 saturated heterocycles. The van der Waals surface area contributed by atoms with Gasteiger partial charge in [-0.3, -0.25) is 9.63 Å². The van der Waals surface area contributed by atoms with Crippen LogP contribution in [-0.2, 0) is 16.6 Å². The molecule has 0 radical (unpaired) electrons. The number of aldehydes is 1. The molecule has 0 aliphatic rings. The van der Waals surface area contributed by atoms with E-state index in [-0.39, 0.29) is 22.4 Å². The Morgan fingerprint density at radius 2 is 2.00 bits per heavy atom. The third kappa shape index (κ3) is 7.25. The Kier molecular flexibility index (Phi) is 9.60. The first-order valence-corrected chi connectivity index (χ1v) is 11.0. The maximum Gasteiger partial charge on any atom is 0.175 e. The molecule has 3 rings (SSSR count). The van der Waals surface area contributed by atoms with Gasteiger partial charge in [0.1, 0.15) is 5.52 Å². The summed E-state index contributed by atoms with van der Waals surface area (Å²) in [5.74, 6) is -0.584. The van der Waals surface area contributed by atoms with Gasteiger partial charge in [0.2, 0.25) is 0 Å². The Balaban J connectivity index is 0.000000309. The highest BCUT2D eigenvalue weighted by Gasteiger charge is 2.17. The van der Waals surface area contributed by atoms with Gasteiger partial charge in [-0.2, -0.15) is 0 Å². The highest BCUT2D eigenvalue weighted by molar-refractivity contribution is 9.10. The molecule has 32 heavy (non-hydrogen) atoms. The van der Waals surface area contributed by atoms with Gasteiger partial charge in [0.15, 0.2) is 12.1 Å². The average molecular weight is 530 g/mol. The molecule has 0 amide bonds. The minimum Gasteiger partial charge on any atom is -0.373 e. The van der Waals surface area contributed by atoms with Crippen molar-refractivity contribution in [1.29, 1.82) is 0 Å². The number of hydrogen-bond donors (Lipinski definition) is 2. The number of carbonyl (C=O) groups excluding carboxylic acids is 1. The number of fused-ring (bicyclic) bond motifs is 1. The fourth-order valence-corrected chi connectivity index (χ4v) is 3.40. The second-order valence-corrected chi connectivity index (χ2v) is 9.08. The number of imidazole rings is 1. The highest BCUT2D eigenvalue weighted by Crippen LogP contribution is 2.33. The molecule has 7 nitrogen and oxygen atoms in total. The summed E-state index contributed by atoms with van der Waals surface area (Å²) in [6.45, 7) is 7.28. The van der Waals surface area contributed by atoms with Crippen LogP contribution in [-0.4, -0.2) is 41.7 Å². The Bertz CT molecular complexity index is 1070. The molecule has 2 aromatic carbocycles. The van der Waals surface area contributed by atoms with E-state index in [0.717, 1.165) is 4.47 Å². The number of aromatic nitrogens is 2. The molecule has 174 valence electrons. The maximum absolute atomic E-state index is 14.7. The summed E-state index contributed by atoms with van der Waals surface area (Å²) in [5.41, 5.74) is 4.03. The topological polar surface area (TPSA) is 77.4 Å². The quantitative estimate of drug-likeness (QED) is 0.234. The van der Waals surface area contributed by atoms with E-state index in [0.29, 0.717) is 35.7 Å². The van der Waals surface area contributed by atoms with Crippen molar-refractivity contribution in [2.45, 2.75) is 26.4 Å². The molecule has 2 N–H and O–H groups in total. The van der Waals surface area contributed by atoms with E-state index < -0.39 is 5.82 Å². The van der Waals surface area contributed by atoms with E-state index >= 15 is 0 Å². The molecule has 0 saturated carbocycles. The van der Waals surface area contributed by atoms with Crippen molar-refractivity contribution in [2.24, 2.45) is 7.05 Å². The minimum absolute atomic E-state index is 0.0584. The minimum atomic E-state index is -0.584.